The third-order valence-electron chi connectivity index (χ3n) is 4.31. The van der Waals surface area contributed by atoms with Gasteiger partial charge in [-0.05, 0) is 12.1 Å². The van der Waals surface area contributed by atoms with Crippen LogP contribution in [0.25, 0.3) is 11.3 Å². The topological polar surface area (TPSA) is 115 Å². The van der Waals surface area contributed by atoms with Gasteiger partial charge in [0.2, 0.25) is 11.9 Å². The van der Waals surface area contributed by atoms with E-state index in [-0.39, 0.29) is 17.2 Å². The van der Waals surface area contributed by atoms with E-state index in [0.717, 1.165) is 6.20 Å². The molecule has 0 aromatic carbocycles. The first kappa shape index (κ1) is 19.8. The van der Waals surface area contributed by atoms with E-state index in [2.05, 4.69) is 30.2 Å². The molecule has 0 radical (unpaired) electrons. The molecule has 1 fully saturated rings. The van der Waals surface area contributed by atoms with Crippen LogP contribution in [-0.2, 0) is 10.9 Å². The van der Waals surface area contributed by atoms with Gasteiger partial charge in [-0.2, -0.15) is 18.2 Å². The van der Waals surface area contributed by atoms with E-state index in [1.165, 1.54) is 6.07 Å². The number of hydrogen-bond acceptors (Lipinski definition) is 9. The van der Waals surface area contributed by atoms with Crippen molar-refractivity contribution in [1.29, 1.82) is 0 Å². The molecule has 0 atom stereocenters. The van der Waals surface area contributed by atoms with Crippen molar-refractivity contribution in [2.45, 2.75) is 6.18 Å². The second-order valence-electron chi connectivity index (χ2n) is 6.39. The number of nitrogens with zero attached hydrogens (tertiary/aromatic N) is 6. The Hall–Kier alpha value is -3.54. The average Bonchev–Trinajstić information content (AvgIpc) is 2.74. The van der Waals surface area contributed by atoms with E-state index < -0.39 is 17.8 Å². The highest BCUT2D eigenvalue weighted by molar-refractivity contribution is 5.69. The Bertz CT molecular complexity index is 1030. The summed E-state index contributed by atoms with van der Waals surface area (Å²) >= 11 is 0. The van der Waals surface area contributed by atoms with Gasteiger partial charge in [0, 0.05) is 49.0 Å². The maximum absolute atomic E-state index is 13.6. The first-order valence-electron chi connectivity index (χ1n) is 8.99. The van der Waals surface area contributed by atoms with Crippen molar-refractivity contribution < 1.29 is 17.9 Å². The van der Waals surface area contributed by atoms with Crippen molar-refractivity contribution in [3.8, 4) is 11.3 Å². The Morgan fingerprint density at radius 1 is 1.07 bits per heavy atom. The van der Waals surface area contributed by atoms with Crippen molar-refractivity contribution >= 4 is 23.4 Å². The Balaban J connectivity index is 1.82. The summed E-state index contributed by atoms with van der Waals surface area (Å²) in [5, 5.41) is 3.07. The van der Waals surface area contributed by atoms with Gasteiger partial charge in [-0.3, -0.25) is 4.98 Å². The highest BCUT2D eigenvalue weighted by Gasteiger charge is 2.37. The standard InChI is InChI=1S/C18H17F3N8O/c19-18(20,21)15-12(10-24-16(22)28-15)13-9-14(25-11-1-3-23-4-2-11)27-17(26-13)29-5-7-30-8-6-29/h1-4,9-10H,5-8H2,(H2,22,24,28)(H,23,25,26,27). The minimum atomic E-state index is -4.73. The van der Waals surface area contributed by atoms with Crippen molar-refractivity contribution in [3.63, 3.8) is 0 Å². The number of morpholine rings is 1. The summed E-state index contributed by atoms with van der Waals surface area (Å²) in [5.41, 5.74) is 4.64. The van der Waals surface area contributed by atoms with Crippen LogP contribution in [0.2, 0.25) is 0 Å². The molecule has 0 spiro atoms. The number of pyridine rings is 1. The number of rotatable bonds is 4. The van der Waals surface area contributed by atoms with Gasteiger partial charge in [0.05, 0.1) is 18.9 Å². The molecule has 4 rings (SSSR count). The zero-order chi connectivity index (χ0) is 21.1. The third-order valence-corrected chi connectivity index (χ3v) is 4.31. The second kappa shape index (κ2) is 8.06. The zero-order valence-corrected chi connectivity index (χ0v) is 15.6. The van der Waals surface area contributed by atoms with Crippen molar-refractivity contribution in [3.05, 3.63) is 42.5 Å². The quantitative estimate of drug-likeness (QED) is 0.659. The molecule has 156 valence electrons. The van der Waals surface area contributed by atoms with Gasteiger partial charge in [-0.15, -0.1) is 0 Å². The van der Waals surface area contributed by atoms with Crippen molar-refractivity contribution in [2.75, 3.05) is 42.3 Å². The van der Waals surface area contributed by atoms with Crippen LogP contribution in [0.5, 0.6) is 0 Å². The molecule has 3 aromatic heterocycles. The van der Waals surface area contributed by atoms with E-state index in [1.54, 1.807) is 24.5 Å². The smallest absolute Gasteiger partial charge is 0.378 e. The summed E-state index contributed by atoms with van der Waals surface area (Å²) in [4.78, 5) is 21.7. The number of alkyl halides is 3. The molecule has 0 bridgehead atoms. The molecule has 0 aliphatic carbocycles. The van der Waals surface area contributed by atoms with E-state index in [4.69, 9.17) is 10.5 Å². The van der Waals surface area contributed by atoms with Gasteiger partial charge < -0.3 is 20.7 Å². The number of aromatic nitrogens is 5. The Kier molecular flexibility index (Phi) is 5.31. The van der Waals surface area contributed by atoms with Crippen molar-refractivity contribution in [1.82, 2.24) is 24.9 Å². The fourth-order valence-electron chi connectivity index (χ4n) is 2.92. The molecule has 9 nitrogen and oxygen atoms in total. The minimum absolute atomic E-state index is 0.0235. The molecule has 3 aromatic rings. The molecule has 4 heterocycles. The summed E-state index contributed by atoms with van der Waals surface area (Å²) in [6, 6.07) is 4.84. The fraction of sp³-hybridized carbons (Fsp3) is 0.278. The zero-order valence-electron chi connectivity index (χ0n) is 15.6. The molecule has 12 heteroatoms. The number of anilines is 4. The van der Waals surface area contributed by atoms with Crippen LogP contribution in [0.4, 0.5) is 36.6 Å². The van der Waals surface area contributed by atoms with Crippen LogP contribution in [0.1, 0.15) is 5.69 Å². The van der Waals surface area contributed by atoms with Crippen LogP contribution in [0.3, 0.4) is 0 Å². The molecule has 30 heavy (non-hydrogen) atoms. The lowest BCUT2D eigenvalue weighted by Crippen LogP contribution is -2.37. The minimum Gasteiger partial charge on any atom is -0.378 e. The maximum atomic E-state index is 13.6. The van der Waals surface area contributed by atoms with Crippen LogP contribution in [-0.4, -0.2) is 51.2 Å². The first-order chi connectivity index (χ1) is 14.4. The highest BCUT2D eigenvalue weighted by Crippen LogP contribution is 2.36. The predicted octanol–water partition coefficient (Wildman–Crippen LogP) is 2.51. The van der Waals surface area contributed by atoms with Crippen molar-refractivity contribution in [2.24, 2.45) is 0 Å². The van der Waals surface area contributed by atoms with Gasteiger partial charge in [-0.25, -0.2) is 15.0 Å². The monoisotopic (exact) mass is 418 g/mol. The van der Waals surface area contributed by atoms with E-state index in [9.17, 15) is 13.2 Å². The maximum Gasteiger partial charge on any atom is 0.434 e. The molecule has 1 saturated heterocycles. The Labute approximate surface area is 169 Å². The van der Waals surface area contributed by atoms with Crippen LogP contribution in [0, 0.1) is 0 Å². The molecular weight excluding hydrogens is 401 g/mol. The normalized spacial score (nSPS) is 14.6. The molecule has 0 amide bonds. The van der Waals surface area contributed by atoms with Gasteiger partial charge in [0.25, 0.3) is 0 Å². The van der Waals surface area contributed by atoms with Crippen LogP contribution >= 0.6 is 0 Å². The lowest BCUT2D eigenvalue weighted by Gasteiger charge is -2.27. The number of nitrogens with two attached hydrogens (primary N) is 1. The lowest BCUT2D eigenvalue weighted by atomic mass is 10.1. The molecule has 1 aliphatic heterocycles. The van der Waals surface area contributed by atoms with E-state index in [0.29, 0.717) is 37.8 Å². The molecular formula is C18H17F3N8O. The summed E-state index contributed by atoms with van der Waals surface area (Å²) in [7, 11) is 0. The summed E-state index contributed by atoms with van der Waals surface area (Å²) in [6.07, 6.45) is -0.534. The number of halogens is 3. The highest BCUT2D eigenvalue weighted by atomic mass is 19.4. The second-order valence-corrected chi connectivity index (χ2v) is 6.39. The largest absolute Gasteiger partial charge is 0.434 e. The summed E-state index contributed by atoms with van der Waals surface area (Å²) in [6.45, 7) is 1.98. The average molecular weight is 418 g/mol. The SMILES string of the molecule is Nc1ncc(-c2cc(Nc3ccncc3)nc(N3CCOCC3)n2)c(C(F)(F)F)n1. The fourth-order valence-corrected chi connectivity index (χ4v) is 2.92. The number of nitrogens with one attached hydrogen (secondary N) is 1. The number of nitrogen functional groups attached to an aromatic ring is 1. The Morgan fingerprint density at radius 3 is 2.50 bits per heavy atom. The van der Waals surface area contributed by atoms with E-state index >= 15 is 0 Å². The first-order valence-corrected chi connectivity index (χ1v) is 8.99. The lowest BCUT2D eigenvalue weighted by molar-refractivity contribution is -0.140. The number of ether oxygens (including phenoxy) is 1. The summed E-state index contributed by atoms with van der Waals surface area (Å²) in [5.74, 6) is 0.124. The third kappa shape index (κ3) is 4.38. The summed E-state index contributed by atoms with van der Waals surface area (Å²) < 4.78 is 46.1. The van der Waals surface area contributed by atoms with Gasteiger partial charge >= 0.3 is 6.18 Å². The molecule has 0 saturated carbocycles. The van der Waals surface area contributed by atoms with Crippen LogP contribution in [0.15, 0.2) is 36.8 Å². The van der Waals surface area contributed by atoms with Crippen LogP contribution < -0.4 is 16.0 Å². The van der Waals surface area contributed by atoms with E-state index in [1.807, 2.05) is 4.90 Å². The Morgan fingerprint density at radius 2 is 1.80 bits per heavy atom. The van der Waals surface area contributed by atoms with Gasteiger partial charge in [0.15, 0.2) is 5.69 Å². The van der Waals surface area contributed by atoms with Gasteiger partial charge in [0.1, 0.15) is 5.82 Å². The predicted molar refractivity (Wildman–Crippen MR) is 103 cm³/mol. The van der Waals surface area contributed by atoms with Gasteiger partial charge in [-0.1, -0.05) is 0 Å². The molecule has 3 N–H and O–H groups in total. The number of hydrogen-bond donors (Lipinski definition) is 2. The molecule has 0 unspecified atom stereocenters. The molecule has 1 aliphatic rings.